The van der Waals surface area contributed by atoms with Crippen LogP contribution in [0.4, 0.5) is 5.69 Å². The van der Waals surface area contributed by atoms with Gasteiger partial charge in [-0.3, -0.25) is 9.79 Å². The Bertz CT molecular complexity index is 732. The number of benzene rings is 2. The van der Waals surface area contributed by atoms with E-state index in [-0.39, 0.29) is 29.9 Å². The third kappa shape index (κ3) is 8.29. The highest BCUT2D eigenvalue weighted by atomic mass is 127. The molecule has 0 heterocycles. The van der Waals surface area contributed by atoms with Gasteiger partial charge in [0.15, 0.2) is 5.96 Å². The van der Waals surface area contributed by atoms with Gasteiger partial charge in [-0.1, -0.05) is 56.3 Å². The summed E-state index contributed by atoms with van der Waals surface area (Å²) < 4.78 is 0. The van der Waals surface area contributed by atoms with Crippen molar-refractivity contribution in [2.75, 3.05) is 18.9 Å². The maximum atomic E-state index is 11.6. The molecular weight excluding hydrogens is 463 g/mol. The largest absolute Gasteiger partial charge is 0.356 e. The minimum absolute atomic E-state index is 0. The van der Waals surface area contributed by atoms with Crippen LogP contribution in [0.2, 0.25) is 0 Å². The number of anilines is 1. The van der Waals surface area contributed by atoms with Gasteiger partial charge in [0.25, 0.3) is 0 Å². The molecule has 5 nitrogen and oxygen atoms in total. The first-order valence-electron chi connectivity index (χ1n) is 9.50. The fourth-order valence-electron chi connectivity index (χ4n) is 2.71. The normalized spacial score (nSPS) is 11.9. The van der Waals surface area contributed by atoms with Crippen molar-refractivity contribution in [3.8, 4) is 0 Å². The molecular formula is C22H31IN4O. The first-order chi connectivity index (χ1) is 13.1. The fraction of sp³-hybridized carbons (Fsp3) is 0.364. The monoisotopic (exact) mass is 494 g/mol. The van der Waals surface area contributed by atoms with Gasteiger partial charge in [0, 0.05) is 32.2 Å². The molecule has 1 amide bonds. The summed E-state index contributed by atoms with van der Waals surface area (Å²) in [7, 11) is 1.77. The minimum Gasteiger partial charge on any atom is -0.356 e. The Morgan fingerprint density at radius 1 is 1.04 bits per heavy atom. The van der Waals surface area contributed by atoms with Gasteiger partial charge in [0.2, 0.25) is 5.91 Å². The number of hydrogen-bond donors (Lipinski definition) is 3. The van der Waals surface area contributed by atoms with Crippen LogP contribution in [0.3, 0.4) is 0 Å². The average molecular weight is 494 g/mol. The predicted molar refractivity (Wildman–Crippen MR) is 128 cm³/mol. The number of carbonyl (C=O) groups excluding carboxylic acids is 1. The zero-order valence-corrected chi connectivity index (χ0v) is 19.2. The highest BCUT2D eigenvalue weighted by Crippen LogP contribution is 2.13. The maximum Gasteiger partial charge on any atom is 0.224 e. The number of nitrogens with zero attached hydrogens (tertiary/aromatic N) is 1. The molecule has 6 heteroatoms. The van der Waals surface area contributed by atoms with Crippen molar-refractivity contribution >= 4 is 41.5 Å². The van der Waals surface area contributed by atoms with Crippen LogP contribution in [-0.4, -0.2) is 25.5 Å². The van der Waals surface area contributed by atoms with Crippen LogP contribution in [0.15, 0.2) is 59.6 Å². The van der Waals surface area contributed by atoms with E-state index < -0.39 is 0 Å². The van der Waals surface area contributed by atoms with Crippen LogP contribution in [0.1, 0.15) is 43.7 Å². The minimum atomic E-state index is 0. The lowest BCUT2D eigenvalue weighted by Crippen LogP contribution is -2.38. The van der Waals surface area contributed by atoms with Crippen molar-refractivity contribution in [2.24, 2.45) is 4.99 Å². The first kappa shape index (κ1) is 23.9. The molecule has 28 heavy (non-hydrogen) atoms. The average Bonchev–Trinajstić information content (AvgIpc) is 2.70. The second-order valence-corrected chi connectivity index (χ2v) is 6.61. The van der Waals surface area contributed by atoms with E-state index in [0.717, 1.165) is 30.2 Å². The number of carbonyl (C=O) groups is 1. The van der Waals surface area contributed by atoms with Gasteiger partial charge >= 0.3 is 0 Å². The van der Waals surface area contributed by atoms with Crippen LogP contribution < -0.4 is 16.0 Å². The number of guanidine groups is 1. The molecule has 152 valence electrons. The summed E-state index contributed by atoms with van der Waals surface area (Å²) in [6.07, 6.45) is 1.40. The molecule has 0 aliphatic rings. The Labute approximate surface area is 185 Å². The first-order valence-corrected chi connectivity index (χ1v) is 9.50. The summed E-state index contributed by atoms with van der Waals surface area (Å²) in [5.41, 5.74) is 3.26. The number of rotatable bonds is 8. The fourth-order valence-corrected chi connectivity index (χ4v) is 2.71. The molecule has 0 spiro atoms. The summed E-state index contributed by atoms with van der Waals surface area (Å²) >= 11 is 0. The van der Waals surface area contributed by atoms with Crippen LogP contribution in [0.5, 0.6) is 0 Å². The summed E-state index contributed by atoms with van der Waals surface area (Å²) in [6, 6.07) is 18.3. The number of halogens is 1. The standard InChI is InChI=1S/C22H30N4O.HI/c1-4-8-21(27)26-20-13-11-18(12-14-20)16-25-22(23-3)24-15-17(2)19-9-6-5-7-10-19;/h5-7,9-14,17H,4,8,15-16H2,1-3H3,(H,26,27)(H2,23,24,25);1H. The number of amides is 1. The zero-order valence-electron chi connectivity index (χ0n) is 16.9. The maximum absolute atomic E-state index is 11.6. The van der Waals surface area contributed by atoms with Gasteiger partial charge < -0.3 is 16.0 Å². The van der Waals surface area contributed by atoms with E-state index in [0.29, 0.717) is 18.9 Å². The molecule has 2 rings (SSSR count). The predicted octanol–water partition coefficient (Wildman–Crippen LogP) is 4.51. The van der Waals surface area contributed by atoms with Crippen LogP contribution >= 0.6 is 24.0 Å². The van der Waals surface area contributed by atoms with E-state index in [1.54, 1.807) is 7.05 Å². The number of nitrogens with one attached hydrogen (secondary N) is 3. The van der Waals surface area contributed by atoms with Gasteiger partial charge in [0.1, 0.15) is 0 Å². The smallest absolute Gasteiger partial charge is 0.224 e. The van der Waals surface area contributed by atoms with Gasteiger partial charge in [-0.05, 0) is 35.6 Å². The Balaban J connectivity index is 0.00000392. The lowest BCUT2D eigenvalue weighted by molar-refractivity contribution is -0.116. The van der Waals surface area contributed by atoms with E-state index in [1.165, 1.54) is 5.56 Å². The number of aliphatic imine (C=N–C) groups is 1. The Morgan fingerprint density at radius 2 is 1.71 bits per heavy atom. The van der Waals surface area contributed by atoms with Gasteiger partial charge in [-0.25, -0.2) is 0 Å². The third-order valence-corrected chi connectivity index (χ3v) is 4.34. The molecule has 0 saturated heterocycles. The SMILES string of the molecule is CCCC(=O)Nc1ccc(CNC(=NC)NCC(C)c2ccccc2)cc1.I. The zero-order chi connectivity index (χ0) is 19.5. The third-order valence-electron chi connectivity index (χ3n) is 4.34. The molecule has 0 aliphatic carbocycles. The molecule has 0 fully saturated rings. The van der Waals surface area contributed by atoms with E-state index in [9.17, 15) is 4.79 Å². The Kier molecular flexibility index (Phi) is 11.2. The van der Waals surface area contributed by atoms with Crippen molar-refractivity contribution in [3.63, 3.8) is 0 Å². The molecule has 3 N–H and O–H groups in total. The van der Waals surface area contributed by atoms with E-state index in [2.05, 4.69) is 52.1 Å². The Hall–Kier alpha value is -2.09. The lowest BCUT2D eigenvalue weighted by Gasteiger charge is -2.16. The van der Waals surface area contributed by atoms with Crippen molar-refractivity contribution in [1.82, 2.24) is 10.6 Å². The highest BCUT2D eigenvalue weighted by molar-refractivity contribution is 14.0. The quantitative estimate of drug-likeness (QED) is 0.288. The van der Waals surface area contributed by atoms with E-state index in [4.69, 9.17) is 0 Å². The van der Waals surface area contributed by atoms with Crippen molar-refractivity contribution in [2.45, 2.75) is 39.2 Å². The Morgan fingerprint density at radius 3 is 2.32 bits per heavy atom. The summed E-state index contributed by atoms with van der Waals surface area (Å²) in [6.45, 7) is 5.67. The summed E-state index contributed by atoms with van der Waals surface area (Å²) in [5, 5.41) is 9.59. The van der Waals surface area contributed by atoms with Gasteiger partial charge in [0.05, 0.1) is 0 Å². The topological polar surface area (TPSA) is 65.5 Å². The molecule has 1 atom stereocenters. The van der Waals surface area contributed by atoms with Crippen LogP contribution in [-0.2, 0) is 11.3 Å². The van der Waals surface area contributed by atoms with Gasteiger partial charge in [-0.2, -0.15) is 0 Å². The van der Waals surface area contributed by atoms with Crippen LogP contribution in [0, 0.1) is 0 Å². The molecule has 0 aromatic heterocycles. The number of hydrogen-bond acceptors (Lipinski definition) is 2. The van der Waals surface area contributed by atoms with Crippen LogP contribution in [0.25, 0.3) is 0 Å². The molecule has 0 aliphatic heterocycles. The molecule has 0 radical (unpaired) electrons. The highest BCUT2D eigenvalue weighted by Gasteiger charge is 2.06. The van der Waals surface area contributed by atoms with Gasteiger partial charge in [-0.15, -0.1) is 24.0 Å². The van der Waals surface area contributed by atoms with E-state index >= 15 is 0 Å². The van der Waals surface area contributed by atoms with Crippen molar-refractivity contribution < 1.29 is 4.79 Å². The molecule has 1 unspecified atom stereocenters. The molecule has 2 aromatic carbocycles. The molecule has 0 saturated carbocycles. The molecule has 0 bridgehead atoms. The summed E-state index contributed by atoms with van der Waals surface area (Å²) in [4.78, 5) is 15.9. The lowest BCUT2D eigenvalue weighted by atomic mass is 10.0. The molecule has 2 aromatic rings. The van der Waals surface area contributed by atoms with E-state index in [1.807, 2.05) is 37.3 Å². The van der Waals surface area contributed by atoms with Crippen molar-refractivity contribution in [3.05, 3.63) is 65.7 Å². The summed E-state index contributed by atoms with van der Waals surface area (Å²) in [5.74, 6) is 1.23. The second kappa shape index (κ2) is 13.1. The second-order valence-electron chi connectivity index (χ2n) is 6.61. The van der Waals surface area contributed by atoms with Crippen molar-refractivity contribution in [1.29, 1.82) is 0 Å².